The van der Waals surface area contributed by atoms with Crippen molar-refractivity contribution in [3.05, 3.63) is 40.4 Å². The summed E-state index contributed by atoms with van der Waals surface area (Å²) in [5.41, 5.74) is 10.0. The number of benzene rings is 1. The van der Waals surface area contributed by atoms with Gasteiger partial charge in [-0.3, -0.25) is 19.3 Å². The summed E-state index contributed by atoms with van der Waals surface area (Å²) in [5.74, 6) is -2.32. The molecule has 130 valence electrons. The van der Waals surface area contributed by atoms with Crippen molar-refractivity contribution < 1.29 is 14.4 Å². The molecule has 1 aromatic carbocycles. The summed E-state index contributed by atoms with van der Waals surface area (Å²) < 4.78 is 0. The number of rotatable bonds is 4. The van der Waals surface area contributed by atoms with Crippen LogP contribution in [0.5, 0.6) is 0 Å². The maximum absolute atomic E-state index is 12.1. The fourth-order valence-corrected chi connectivity index (χ4v) is 2.87. The Hall–Kier alpha value is -3.07. The molecular formula is C16H17N5O3S. The number of hydrazone groups is 1. The number of nitrogens with zero attached hydrogens (tertiary/aromatic N) is 3. The summed E-state index contributed by atoms with van der Waals surface area (Å²) in [6.45, 7) is 5.37. The largest absolute Gasteiger partial charge is 0.361 e. The Morgan fingerprint density at radius 2 is 2.04 bits per heavy atom. The molecule has 0 unspecified atom stereocenters. The second kappa shape index (κ2) is 7.67. The van der Waals surface area contributed by atoms with Crippen LogP contribution in [-0.2, 0) is 14.4 Å². The Bertz CT molecular complexity index is 859. The highest BCUT2D eigenvalue weighted by Gasteiger charge is 2.20. The normalized spacial score (nSPS) is 10.7. The zero-order valence-electron chi connectivity index (χ0n) is 13.9. The van der Waals surface area contributed by atoms with Gasteiger partial charge in [-0.1, -0.05) is 12.1 Å². The van der Waals surface area contributed by atoms with Gasteiger partial charge in [-0.25, -0.2) is 10.4 Å². The van der Waals surface area contributed by atoms with Crippen molar-refractivity contribution in [2.75, 3.05) is 4.90 Å². The molecule has 0 aliphatic heterocycles. The van der Waals surface area contributed by atoms with Crippen LogP contribution in [0, 0.1) is 13.8 Å². The van der Waals surface area contributed by atoms with Crippen molar-refractivity contribution in [1.82, 2.24) is 10.4 Å². The van der Waals surface area contributed by atoms with Gasteiger partial charge in [0.05, 0.1) is 17.6 Å². The van der Waals surface area contributed by atoms with Crippen LogP contribution in [0.1, 0.15) is 23.7 Å². The summed E-state index contributed by atoms with van der Waals surface area (Å²) in [4.78, 5) is 39.6. The first-order valence-corrected chi connectivity index (χ1v) is 8.14. The highest BCUT2D eigenvalue weighted by molar-refractivity contribution is 7.14. The third-order valence-corrected chi connectivity index (χ3v) is 4.26. The minimum absolute atomic E-state index is 0.173. The standard InChI is InChI=1S/C16H17N5O3S/c1-9-5-4-6-13(10(9)2)21(11(3)22)16-19-12(8-25-16)7-18-20-15(24)14(17)23/h4-8H,1-3H3,(H2,17,23)(H,20,24)/b18-7-. The fraction of sp³-hybridized carbons (Fsp3) is 0.188. The molecule has 9 heteroatoms. The van der Waals surface area contributed by atoms with Crippen molar-refractivity contribution >= 4 is 46.1 Å². The number of hydrogen-bond acceptors (Lipinski definition) is 6. The van der Waals surface area contributed by atoms with Crippen LogP contribution in [0.25, 0.3) is 0 Å². The van der Waals surface area contributed by atoms with E-state index in [1.54, 1.807) is 5.38 Å². The molecule has 0 fully saturated rings. The molecule has 3 amide bonds. The summed E-state index contributed by atoms with van der Waals surface area (Å²) >= 11 is 1.26. The van der Waals surface area contributed by atoms with Crippen molar-refractivity contribution in [3.8, 4) is 0 Å². The summed E-state index contributed by atoms with van der Waals surface area (Å²) in [6.07, 6.45) is 1.27. The van der Waals surface area contributed by atoms with E-state index in [0.717, 1.165) is 16.8 Å². The number of aromatic nitrogens is 1. The number of anilines is 2. The quantitative estimate of drug-likeness (QED) is 0.487. The van der Waals surface area contributed by atoms with Crippen molar-refractivity contribution in [2.24, 2.45) is 10.8 Å². The Morgan fingerprint density at radius 1 is 1.32 bits per heavy atom. The molecule has 0 aliphatic rings. The Kier molecular flexibility index (Phi) is 5.60. The maximum atomic E-state index is 12.1. The minimum Gasteiger partial charge on any atom is -0.361 e. The second-order valence-corrected chi connectivity index (χ2v) is 6.03. The van der Waals surface area contributed by atoms with Gasteiger partial charge in [-0.2, -0.15) is 5.10 Å². The van der Waals surface area contributed by atoms with E-state index in [-0.39, 0.29) is 5.91 Å². The van der Waals surface area contributed by atoms with Crippen LogP contribution in [0.3, 0.4) is 0 Å². The lowest BCUT2D eigenvalue weighted by Crippen LogP contribution is -2.32. The Morgan fingerprint density at radius 3 is 2.68 bits per heavy atom. The Labute approximate surface area is 148 Å². The van der Waals surface area contributed by atoms with E-state index in [1.165, 1.54) is 29.4 Å². The molecule has 0 saturated heterocycles. The van der Waals surface area contributed by atoms with E-state index in [9.17, 15) is 14.4 Å². The van der Waals surface area contributed by atoms with Crippen LogP contribution in [0.15, 0.2) is 28.7 Å². The molecule has 0 spiro atoms. The van der Waals surface area contributed by atoms with Crippen molar-refractivity contribution in [1.29, 1.82) is 0 Å². The van der Waals surface area contributed by atoms with Crippen LogP contribution in [0.4, 0.5) is 10.8 Å². The SMILES string of the molecule is CC(=O)N(c1nc(/C=N\NC(=O)C(N)=O)cs1)c1cccc(C)c1C. The zero-order chi connectivity index (χ0) is 18.6. The van der Waals surface area contributed by atoms with Crippen LogP contribution in [-0.4, -0.2) is 28.9 Å². The van der Waals surface area contributed by atoms with Gasteiger partial charge in [0, 0.05) is 12.3 Å². The maximum Gasteiger partial charge on any atom is 0.329 e. The predicted molar refractivity (Wildman–Crippen MR) is 95.8 cm³/mol. The van der Waals surface area contributed by atoms with E-state index in [2.05, 4.69) is 10.1 Å². The van der Waals surface area contributed by atoms with Gasteiger partial charge in [-0.05, 0) is 31.0 Å². The highest BCUT2D eigenvalue weighted by Crippen LogP contribution is 2.32. The average Bonchev–Trinajstić information content (AvgIpc) is 2.99. The molecule has 0 aliphatic carbocycles. The van der Waals surface area contributed by atoms with Gasteiger partial charge in [0.1, 0.15) is 0 Å². The van der Waals surface area contributed by atoms with E-state index >= 15 is 0 Å². The topological polar surface area (TPSA) is 118 Å². The smallest absolute Gasteiger partial charge is 0.329 e. The highest BCUT2D eigenvalue weighted by atomic mass is 32.1. The van der Waals surface area contributed by atoms with Gasteiger partial charge < -0.3 is 5.73 Å². The van der Waals surface area contributed by atoms with Crippen molar-refractivity contribution in [3.63, 3.8) is 0 Å². The molecule has 0 radical (unpaired) electrons. The monoisotopic (exact) mass is 359 g/mol. The fourth-order valence-electron chi connectivity index (χ4n) is 2.04. The first kappa shape index (κ1) is 18.3. The van der Waals surface area contributed by atoms with Crippen LogP contribution in [0.2, 0.25) is 0 Å². The van der Waals surface area contributed by atoms with E-state index < -0.39 is 11.8 Å². The van der Waals surface area contributed by atoms with Crippen LogP contribution >= 0.6 is 11.3 Å². The molecule has 0 bridgehead atoms. The molecule has 25 heavy (non-hydrogen) atoms. The molecule has 8 nitrogen and oxygen atoms in total. The van der Waals surface area contributed by atoms with Gasteiger partial charge in [0.15, 0.2) is 5.13 Å². The predicted octanol–water partition coefficient (Wildman–Crippen LogP) is 1.38. The van der Waals surface area contributed by atoms with E-state index in [4.69, 9.17) is 5.73 Å². The number of nitrogens with one attached hydrogen (secondary N) is 1. The number of aryl methyl sites for hydroxylation is 1. The van der Waals surface area contributed by atoms with E-state index in [0.29, 0.717) is 10.8 Å². The third kappa shape index (κ3) is 4.27. The molecule has 3 N–H and O–H groups in total. The van der Waals surface area contributed by atoms with Gasteiger partial charge in [0.25, 0.3) is 0 Å². The Balaban J connectivity index is 2.27. The molecule has 0 atom stereocenters. The zero-order valence-corrected chi connectivity index (χ0v) is 14.8. The first-order chi connectivity index (χ1) is 11.8. The number of amides is 3. The van der Waals surface area contributed by atoms with Crippen molar-refractivity contribution in [2.45, 2.75) is 20.8 Å². The lowest BCUT2D eigenvalue weighted by Gasteiger charge is -2.21. The number of primary amides is 1. The number of carbonyl (C=O) groups is 3. The second-order valence-electron chi connectivity index (χ2n) is 5.19. The number of thiazole rings is 1. The minimum atomic E-state index is -1.13. The van der Waals surface area contributed by atoms with E-state index in [1.807, 2.05) is 37.5 Å². The molecule has 1 aromatic heterocycles. The average molecular weight is 359 g/mol. The van der Waals surface area contributed by atoms with Gasteiger partial charge in [-0.15, -0.1) is 11.3 Å². The molecule has 2 aromatic rings. The molecule has 0 saturated carbocycles. The van der Waals surface area contributed by atoms with Gasteiger partial charge >= 0.3 is 11.8 Å². The lowest BCUT2D eigenvalue weighted by molar-refractivity contribution is -0.137. The molecule has 1 heterocycles. The third-order valence-electron chi connectivity index (χ3n) is 3.42. The summed E-state index contributed by atoms with van der Waals surface area (Å²) in [7, 11) is 0. The number of carbonyl (C=O) groups excluding carboxylic acids is 3. The van der Waals surface area contributed by atoms with Crippen LogP contribution < -0.4 is 16.1 Å². The summed E-state index contributed by atoms with van der Waals surface area (Å²) in [6, 6.07) is 5.70. The lowest BCUT2D eigenvalue weighted by atomic mass is 10.1. The molecular weight excluding hydrogens is 342 g/mol. The van der Waals surface area contributed by atoms with Gasteiger partial charge in [0.2, 0.25) is 5.91 Å². The first-order valence-electron chi connectivity index (χ1n) is 7.26. The number of nitrogens with two attached hydrogens (primary N) is 1. The number of hydrogen-bond donors (Lipinski definition) is 2. The molecule has 2 rings (SSSR count). The summed E-state index contributed by atoms with van der Waals surface area (Å²) in [5, 5.41) is 5.75.